The molecule has 0 amide bonds. The molecule has 2 unspecified atom stereocenters. The van der Waals surface area contributed by atoms with Crippen LogP contribution in [0.5, 0.6) is 0 Å². The zero-order valence-electron chi connectivity index (χ0n) is 10.7. The minimum absolute atomic E-state index is 0.281. The van der Waals surface area contributed by atoms with Gasteiger partial charge >= 0.3 is 5.97 Å². The summed E-state index contributed by atoms with van der Waals surface area (Å²) < 4.78 is 15.7. The third-order valence-corrected chi connectivity index (χ3v) is 3.09. The van der Waals surface area contributed by atoms with Gasteiger partial charge < -0.3 is 19.9 Å². The molecule has 0 bridgehead atoms. The Labute approximate surface area is 103 Å². The summed E-state index contributed by atoms with van der Waals surface area (Å²) in [5, 5.41) is 0. The molecule has 0 radical (unpaired) electrons. The molecule has 0 aromatic rings. The summed E-state index contributed by atoms with van der Waals surface area (Å²) in [4.78, 5) is 11.8. The summed E-state index contributed by atoms with van der Waals surface area (Å²) in [5.41, 5.74) is 5.12. The SMILES string of the molecule is CCCCOCCOC(=O)C1(C)COCC1N. The minimum Gasteiger partial charge on any atom is -0.463 e. The lowest BCUT2D eigenvalue weighted by Gasteiger charge is -2.24. The number of hydrogen-bond donors (Lipinski definition) is 1. The number of esters is 1. The first-order chi connectivity index (χ1) is 8.11. The quantitative estimate of drug-likeness (QED) is 0.528. The molecule has 1 aliphatic heterocycles. The summed E-state index contributed by atoms with van der Waals surface area (Å²) in [6.07, 6.45) is 2.13. The van der Waals surface area contributed by atoms with Gasteiger partial charge in [0, 0.05) is 12.6 Å². The molecule has 2 N–H and O–H groups in total. The molecule has 5 nitrogen and oxygen atoms in total. The molecule has 1 heterocycles. The Morgan fingerprint density at radius 1 is 1.47 bits per heavy atom. The lowest BCUT2D eigenvalue weighted by Crippen LogP contribution is -2.45. The number of carbonyl (C=O) groups is 1. The third kappa shape index (κ3) is 3.94. The summed E-state index contributed by atoms with van der Waals surface area (Å²) in [7, 11) is 0. The molecule has 0 saturated carbocycles. The Balaban J connectivity index is 2.16. The Hall–Kier alpha value is -0.650. The van der Waals surface area contributed by atoms with Crippen molar-refractivity contribution in [1.29, 1.82) is 0 Å². The van der Waals surface area contributed by atoms with Crippen molar-refractivity contribution in [3.8, 4) is 0 Å². The predicted molar refractivity (Wildman–Crippen MR) is 63.6 cm³/mol. The second kappa shape index (κ2) is 6.93. The van der Waals surface area contributed by atoms with Crippen molar-refractivity contribution < 1.29 is 19.0 Å². The van der Waals surface area contributed by atoms with Gasteiger partial charge in [-0.15, -0.1) is 0 Å². The van der Waals surface area contributed by atoms with Crippen molar-refractivity contribution in [3.63, 3.8) is 0 Å². The van der Waals surface area contributed by atoms with E-state index in [0.29, 0.717) is 26.4 Å². The molecule has 0 aliphatic carbocycles. The van der Waals surface area contributed by atoms with Crippen LogP contribution in [0.3, 0.4) is 0 Å². The van der Waals surface area contributed by atoms with Crippen LogP contribution < -0.4 is 5.73 Å². The highest BCUT2D eigenvalue weighted by atomic mass is 16.6. The van der Waals surface area contributed by atoms with Crippen LogP contribution >= 0.6 is 0 Å². The third-order valence-electron chi connectivity index (χ3n) is 3.09. The monoisotopic (exact) mass is 245 g/mol. The van der Waals surface area contributed by atoms with E-state index < -0.39 is 5.41 Å². The number of ether oxygens (including phenoxy) is 3. The highest BCUT2D eigenvalue weighted by Crippen LogP contribution is 2.28. The van der Waals surface area contributed by atoms with Crippen molar-refractivity contribution >= 4 is 5.97 Å². The van der Waals surface area contributed by atoms with E-state index in [4.69, 9.17) is 19.9 Å². The molecule has 0 aromatic heterocycles. The zero-order chi connectivity index (χ0) is 12.7. The van der Waals surface area contributed by atoms with Gasteiger partial charge in [0.2, 0.25) is 0 Å². The largest absolute Gasteiger partial charge is 0.463 e. The molecule has 0 spiro atoms. The highest BCUT2D eigenvalue weighted by molar-refractivity contribution is 5.78. The van der Waals surface area contributed by atoms with E-state index in [2.05, 4.69) is 6.92 Å². The van der Waals surface area contributed by atoms with Gasteiger partial charge in [0.25, 0.3) is 0 Å². The maximum absolute atomic E-state index is 11.8. The first-order valence-electron chi connectivity index (χ1n) is 6.19. The van der Waals surface area contributed by atoms with Crippen LogP contribution in [0.4, 0.5) is 0 Å². The summed E-state index contributed by atoms with van der Waals surface area (Å²) >= 11 is 0. The number of nitrogens with two attached hydrogens (primary N) is 1. The van der Waals surface area contributed by atoms with Crippen molar-refractivity contribution in [2.24, 2.45) is 11.1 Å². The standard InChI is InChI=1S/C12H23NO4/c1-3-4-5-15-6-7-17-11(14)12(2)9-16-8-10(12)13/h10H,3-9,13H2,1-2H3. The van der Waals surface area contributed by atoms with E-state index in [1.165, 1.54) is 0 Å². The van der Waals surface area contributed by atoms with E-state index in [0.717, 1.165) is 12.8 Å². The molecule has 100 valence electrons. The first kappa shape index (κ1) is 14.4. The molecule has 1 rings (SSSR count). The summed E-state index contributed by atoms with van der Waals surface area (Å²) in [6, 6.07) is -0.281. The predicted octanol–water partition coefficient (Wildman–Crippen LogP) is 0.710. The Morgan fingerprint density at radius 2 is 2.24 bits per heavy atom. The van der Waals surface area contributed by atoms with Gasteiger partial charge in [-0.2, -0.15) is 0 Å². The van der Waals surface area contributed by atoms with Gasteiger partial charge in [-0.1, -0.05) is 13.3 Å². The maximum Gasteiger partial charge on any atom is 0.315 e. The van der Waals surface area contributed by atoms with Crippen LogP contribution in [0.1, 0.15) is 26.7 Å². The second-order valence-electron chi connectivity index (χ2n) is 4.64. The first-order valence-corrected chi connectivity index (χ1v) is 6.19. The van der Waals surface area contributed by atoms with Crippen LogP contribution in [-0.4, -0.2) is 45.0 Å². The lowest BCUT2D eigenvalue weighted by atomic mass is 9.86. The average Bonchev–Trinajstić information content (AvgIpc) is 2.65. The van der Waals surface area contributed by atoms with E-state index >= 15 is 0 Å². The molecule has 1 fully saturated rings. The second-order valence-corrected chi connectivity index (χ2v) is 4.64. The average molecular weight is 245 g/mol. The van der Waals surface area contributed by atoms with Crippen molar-refractivity contribution in [2.45, 2.75) is 32.7 Å². The number of unbranched alkanes of at least 4 members (excludes halogenated alkanes) is 1. The zero-order valence-corrected chi connectivity index (χ0v) is 10.7. The molecule has 0 aromatic carbocycles. The van der Waals surface area contributed by atoms with Crippen molar-refractivity contribution in [1.82, 2.24) is 0 Å². The van der Waals surface area contributed by atoms with Crippen LogP contribution in [0.2, 0.25) is 0 Å². The van der Waals surface area contributed by atoms with E-state index in [-0.39, 0.29) is 18.6 Å². The van der Waals surface area contributed by atoms with Crippen LogP contribution in [0, 0.1) is 5.41 Å². The fraction of sp³-hybridized carbons (Fsp3) is 0.917. The molecule has 2 atom stereocenters. The van der Waals surface area contributed by atoms with E-state index in [9.17, 15) is 4.79 Å². The molecular formula is C12H23NO4. The maximum atomic E-state index is 11.8. The van der Waals surface area contributed by atoms with E-state index in [1.54, 1.807) is 6.92 Å². The Bertz CT molecular complexity index is 247. The number of rotatable bonds is 7. The van der Waals surface area contributed by atoms with Gasteiger partial charge in [0.15, 0.2) is 0 Å². The highest BCUT2D eigenvalue weighted by Gasteiger charge is 2.45. The van der Waals surface area contributed by atoms with Crippen molar-refractivity contribution in [3.05, 3.63) is 0 Å². The fourth-order valence-electron chi connectivity index (χ4n) is 1.61. The Kier molecular flexibility index (Phi) is 5.88. The van der Waals surface area contributed by atoms with Gasteiger partial charge in [-0.25, -0.2) is 0 Å². The minimum atomic E-state index is -0.705. The Morgan fingerprint density at radius 3 is 2.82 bits per heavy atom. The molecule has 5 heteroatoms. The van der Waals surface area contributed by atoms with E-state index in [1.807, 2.05) is 0 Å². The molecular weight excluding hydrogens is 222 g/mol. The van der Waals surface area contributed by atoms with Crippen LogP contribution in [-0.2, 0) is 19.0 Å². The van der Waals surface area contributed by atoms with Crippen LogP contribution in [0.25, 0.3) is 0 Å². The van der Waals surface area contributed by atoms with Crippen molar-refractivity contribution in [2.75, 3.05) is 33.0 Å². The number of carbonyl (C=O) groups excluding carboxylic acids is 1. The van der Waals surface area contributed by atoms with Gasteiger partial charge in [0.1, 0.15) is 12.0 Å². The van der Waals surface area contributed by atoms with Crippen LogP contribution in [0.15, 0.2) is 0 Å². The van der Waals surface area contributed by atoms with Gasteiger partial charge in [-0.05, 0) is 13.3 Å². The molecule has 1 saturated heterocycles. The van der Waals surface area contributed by atoms with Gasteiger partial charge in [0.05, 0.1) is 19.8 Å². The summed E-state index contributed by atoms with van der Waals surface area (Å²) in [5.74, 6) is -0.290. The topological polar surface area (TPSA) is 70.8 Å². The molecule has 17 heavy (non-hydrogen) atoms. The molecule has 1 aliphatic rings. The van der Waals surface area contributed by atoms with Gasteiger partial charge in [-0.3, -0.25) is 4.79 Å². The lowest BCUT2D eigenvalue weighted by molar-refractivity contribution is -0.157. The normalized spacial score (nSPS) is 28.3. The summed E-state index contributed by atoms with van der Waals surface area (Å²) in [6.45, 7) is 6.08. The number of hydrogen-bond acceptors (Lipinski definition) is 5. The smallest absolute Gasteiger partial charge is 0.315 e. The fourth-order valence-corrected chi connectivity index (χ4v) is 1.61.